The lowest BCUT2D eigenvalue weighted by molar-refractivity contribution is -0.0509. The Hall–Kier alpha value is -3.05. The monoisotopic (exact) mass is 460 g/mol. The SMILES string of the molecule is O=C(NN=C1CC=C(OS(=O)(=O)C(F)(F)F)c2ccccc21)c1ccc(O)c(Cl)c1. The van der Waals surface area contributed by atoms with Crippen molar-refractivity contribution < 1.29 is 35.7 Å². The van der Waals surface area contributed by atoms with Crippen molar-refractivity contribution in [2.75, 3.05) is 0 Å². The van der Waals surface area contributed by atoms with E-state index in [0.717, 1.165) is 6.08 Å². The fraction of sp³-hybridized carbons (Fsp3) is 0.111. The van der Waals surface area contributed by atoms with Gasteiger partial charge >= 0.3 is 15.6 Å². The van der Waals surface area contributed by atoms with Crippen molar-refractivity contribution in [3.05, 3.63) is 70.3 Å². The highest BCUT2D eigenvalue weighted by molar-refractivity contribution is 7.87. The van der Waals surface area contributed by atoms with Crippen LogP contribution in [0.2, 0.25) is 5.02 Å². The summed E-state index contributed by atoms with van der Waals surface area (Å²) in [5.41, 5.74) is -2.56. The molecule has 0 unspecified atom stereocenters. The number of aromatic hydroxyl groups is 1. The number of nitrogens with one attached hydrogen (secondary N) is 1. The van der Waals surface area contributed by atoms with Crippen molar-refractivity contribution in [3.8, 4) is 5.75 Å². The largest absolute Gasteiger partial charge is 0.534 e. The number of halogens is 4. The zero-order chi connectivity index (χ0) is 22.1. The van der Waals surface area contributed by atoms with Gasteiger partial charge in [-0.1, -0.05) is 35.9 Å². The molecule has 0 spiro atoms. The van der Waals surface area contributed by atoms with Crippen molar-refractivity contribution >= 4 is 39.1 Å². The molecule has 0 saturated carbocycles. The van der Waals surface area contributed by atoms with Crippen LogP contribution in [0, 0.1) is 0 Å². The zero-order valence-electron chi connectivity index (χ0n) is 14.8. The number of hydrogen-bond donors (Lipinski definition) is 2. The minimum Gasteiger partial charge on any atom is -0.506 e. The highest BCUT2D eigenvalue weighted by Crippen LogP contribution is 2.33. The lowest BCUT2D eigenvalue weighted by Gasteiger charge is -2.20. The lowest BCUT2D eigenvalue weighted by Crippen LogP contribution is -2.26. The number of carbonyl (C=O) groups excluding carboxylic acids is 1. The maximum absolute atomic E-state index is 12.6. The summed E-state index contributed by atoms with van der Waals surface area (Å²) in [4.78, 5) is 12.2. The molecule has 0 bridgehead atoms. The predicted octanol–water partition coefficient (Wildman–Crippen LogP) is 3.79. The van der Waals surface area contributed by atoms with E-state index in [1.807, 2.05) is 0 Å². The van der Waals surface area contributed by atoms with Crippen LogP contribution in [0.4, 0.5) is 13.2 Å². The van der Waals surface area contributed by atoms with Gasteiger partial charge in [0.2, 0.25) is 0 Å². The second kappa shape index (κ2) is 8.00. The molecule has 158 valence electrons. The molecule has 0 heterocycles. The lowest BCUT2D eigenvalue weighted by atomic mass is 9.94. The summed E-state index contributed by atoms with van der Waals surface area (Å²) >= 11 is 5.76. The Balaban J connectivity index is 1.86. The fourth-order valence-corrected chi connectivity index (χ4v) is 3.21. The third kappa shape index (κ3) is 4.41. The van der Waals surface area contributed by atoms with E-state index in [2.05, 4.69) is 14.7 Å². The van der Waals surface area contributed by atoms with Crippen molar-refractivity contribution in [2.24, 2.45) is 5.10 Å². The Kier molecular flexibility index (Phi) is 5.77. The number of carbonyl (C=O) groups is 1. The summed E-state index contributed by atoms with van der Waals surface area (Å²) in [6.45, 7) is 0. The second-order valence-electron chi connectivity index (χ2n) is 5.97. The highest BCUT2D eigenvalue weighted by Gasteiger charge is 2.49. The van der Waals surface area contributed by atoms with Gasteiger partial charge in [0.1, 0.15) is 11.5 Å². The third-order valence-electron chi connectivity index (χ3n) is 3.97. The topological polar surface area (TPSA) is 105 Å². The first-order valence-electron chi connectivity index (χ1n) is 8.15. The van der Waals surface area contributed by atoms with E-state index in [1.165, 1.54) is 36.4 Å². The molecule has 2 aromatic carbocycles. The molecule has 1 amide bonds. The number of fused-ring (bicyclic) bond motifs is 1. The van der Waals surface area contributed by atoms with Gasteiger partial charge in [-0.3, -0.25) is 4.79 Å². The number of allylic oxidation sites excluding steroid dienone is 1. The predicted molar refractivity (Wildman–Crippen MR) is 102 cm³/mol. The van der Waals surface area contributed by atoms with E-state index in [0.29, 0.717) is 0 Å². The molecule has 0 atom stereocenters. The van der Waals surface area contributed by atoms with E-state index >= 15 is 0 Å². The molecule has 1 aliphatic carbocycles. The van der Waals surface area contributed by atoms with Gasteiger partial charge in [0.25, 0.3) is 5.91 Å². The van der Waals surface area contributed by atoms with Crippen LogP contribution in [0.3, 0.4) is 0 Å². The molecule has 1 aliphatic rings. The van der Waals surface area contributed by atoms with E-state index in [-0.39, 0.29) is 39.6 Å². The van der Waals surface area contributed by atoms with Crippen LogP contribution >= 0.6 is 11.6 Å². The maximum Gasteiger partial charge on any atom is 0.534 e. The number of nitrogens with zero attached hydrogens (tertiary/aromatic N) is 1. The van der Waals surface area contributed by atoms with Gasteiger partial charge in [0, 0.05) is 23.1 Å². The molecule has 0 aliphatic heterocycles. The van der Waals surface area contributed by atoms with Crippen LogP contribution in [0.15, 0.2) is 53.6 Å². The Morgan fingerprint density at radius 3 is 2.47 bits per heavy atom. The van der Waals surface area contributed by atoms with Crippen molar-refractivity contribution in [1.82, 2.24) is 5.43 Å². The van der Waals surface area contributed by atoms with Crippen LogP contribution in [-0.2, 0) is 14.3 Å². The smallest absolute Gasteiger partial charge is 0.506 e. The van der Waals surface area contributed by atoms with Crippen molar-refractivity contribution in [1.29, 1.82) is 0 Å². The van der Waals surface area contributed by atoms with Gasteiger partial charge in [-0.15, -0.1) is 0 Å². The van der Waals surface area contributed by atoms with Crippen LogP contribution in [-0.4, -0.2) is 30.7 Å². The molecule has 7 nitrogen and oxygen atoms in total. The Morgan fingerprint density at radius 1 is 1.17 bits per heavy atom. The van der Waals surface area contributed by atoms with Gasteiger partial charge in [0.05, 0.1) is 10.7 Å². The van der Waals surface area contributed by atoms with Crippen LogP contribution in [0.5, 0.6) is 5.75 Å². The molecular formula is C18H12ClF3N2O5S. The molecule has 0 fully saturated rings. The highest BCUT2D eigenvalue weighted by atomic mass is 35.5. The number of phenols is 1. The number of rotatable bonds is 4. The molecule has 2 N–H and O–H groups in total. The van der Waals surface area contributed by atoms with Gasteiger partial charge in [-0.05, 0) is 24.3 Å². The average Bonchev–Trinajstić information content (AvgIpc) is 2.68. The maximum atomic E-state index is 12.6. The summed E-state index contributed by atoms with van der Waals surface area (Å²) in [6, 6.07) is 9.69. The molecular weight excluding hydrogens is 449 g/mol. The van der Waals surface area contributed by atoms with Gasteiger partial charge in [-0.2, -0.15) is 26.7 Å². The first kappa shape index (κ1) is 21.7. The molecule has 12 heteroatoms. The van der Waals surface area contributed by atoms with E-state index < -0.39 is 27.3 Å². The summed E-state index contributed by atoms with van der Waals surface area (Å²) < 4.78 is 64.8. The summed E-state index contributed by atoms with van der Waals surface area (Å²) in [5, 5.41) is 13.3. The zero-order valence-corrected chi connectivity index (χ0v) is 16.3. The van der Waals surface area contributed by atoms with Crippen LogP contribution < -0.4 is 5.43 Å². The Bertz CT molecular complexity index is 1180. The number of amides is 1. The van der Waals surface area contributed by atoms with Crippen molar-refractivity contribution in [2.45, 2.75) is 11.9 Å². The van der Waals surface area contributed by atoms with Crippen molar-refractivity contribution in [3.63, 3.8) is 0 Å². The van der Waals surface area contributed by atoms with Gasteiger partial charge in [-0.25, -0.2) is 5.43 Å². The molecule has 0 aromatic heterocycles. The van der Waals surface area contributed by atoms with E-state index in [9.17, 15) is 31.5 Å². The minimum absolute atomic E-state index is 0.0334. The Labute approximate surface area is 173 Å². The normalized spacial score (nSPS) is 15.3. The number of hydrogen-bond acceptors (Lipinski definition) is 6. The quantitative estimate of drug-likeness (QED) is 0.410. The fourth-order valence-electron chi connectivity index (χ4n) is 2.54. The standard InChI is InChI=1S/C18H12ClF3N2O5S/c19-13-9-10(5-7-15(13)25)17(26)24-23-14-6-8-16(12-4-2-1-3-11(12)14)29-30(27,28)18(20,21)22/h1-5,7-9,25H,6H2,(H,24,26). The first-order chi connectivity index (χ1) is 14.0. The van der Waals surface area contributed by atoms with E-state index in [1.54, 1.807) is 6.07 Å². The molecule has 0 radical (unpaired) electrons. The number of phenolic OH excluding ortho intramolecular Hbond substituents is 1. The van der Waals surface area contributed by atoms with Gasteiger partial charge in [0.15, 0.2) is 0 Å². The summed E-state index contributed by atoms with van der Waals surface area (Å²) in [6.07, 6.45) is 1.02. The van der Waals surface area contributed by atoms with Crippen LogP contribution in [0.25, 0.3) is 5.76 Å². The minimum atomic E-state index is -5.84. The first-order valence-corrected chi connectivity index (χ1v) is 9.94. The average molecular weight is 461 g/mol. The number of alkyl halides is 3. The molecule has 2 aromatic rings. The third-order valence-corrected chi connectivity index (χ3v) is 5.24. The summed E-state index contributed by atoms with van der Waals surface area (Å²) in [7, 11) is -5.84. The van der Waals surface area contributed by atoms with E-state index in [4.69, 9.17) is 11.6 Å². The Morgan fingerprint density at radius 2 is 1.83 bits per heavy atom. The van der Waals surface area contributed by atoms with Gasteiger partial charge < -0.3 is 9.29 Å². The molecule has 0 saturated heterocycles. The van der Waals surface area contributed by atoms with Crippen LogP contribution in [0.1, 0.15) is 27.9 Å². The molecule has 30 heavy (non-hydrogen) atoms. The number of benzene rings is 2. The number of hydrazone groups is 1. The summed E-state index contributed by atoms with van der Waals surface area (Å²) in [5.74, 6) is -1.33. The second-order valence-corrected chi connectivity index (χ2v) is 7.91. The molecule has 3 rings (SSSR count).